The summed E-state index contributed by atoms with van der Waals surface area (Å²) in [6.07, 6.45) is 3.19. The number of rotatable bonds is 9. The van der Waals surface area contributed by atoms with E-state index in [1.165, 1.54) is 0 Å². The van der Waals surface area contributed by atoms with Crippen molar-refractivity contribution in [2.75, 3.05) is 12.3 Å². The van der Waals surface area contributed by atoms with Gasteiger partial charge in [0.2, 0.25) is 5.91 Å². The third-order valence-corrected chi connectivity index (χ3v) is 2.46. The van der Waals surface area contributed by atoms with Gasteiger partial charge in [-0.2, -0.15) is 12.6 Å². The first-order chi connectivity index (χ1) is 7.57. The molecular weight excluding hydrogens is 228 g/mol. The molecule has 0 aliphatic carbocycles. The van der Waals surface area contributed by atoms with Crippen molar-refractivity contribution in [1.82, 2.24) is 5.32 Å². The quantitative estimate of drug-likeness (QED) is 0.351. The van der Waals surface area contributed by atoms with E-state index in [9.17, 15) is 9.59 Å². The molecule has 0 saturated heterocycles. The Balaban J connectivity index is 3.33. The van der Waals surface area contributed by atoms with Crippen molar-refractivity contribution in [1.29, 1.82) is 0 Å². The van der Waals surface area contributed by atoms with Gasteiger partial charge in [0.1, 0.15) is 6.04 Å². The van der Waals surface area contributed by atoms with E-state index in [4.69, 9.17) is 10.8 Å². The summed E-state index contributed by atoms with van der Waals surface area (Å²) in [4.78, 5) is 21.5. The molecule has 0 bridgehead atoms. The molecule has 16 heavy (non-hydrogen) atoms. The van der Waals surface area contributed by atoms with Crippen LogP contribution in [0.4, 0.5) is 0 Å². The van der Waals surface area contributed by atoms with Crippen LogP contribution in [0.3, 0.4) is 0 Å². The van der Waals surface area contributed by atoms with Crippen molar-refractivity contribution >= 4 is 24.5 Å². The molecule has 0 rings (SSSR count). The fraction of sp³-hybridized carbons (Fsp3) is 0.800. The Morgan fingerprint density at radius 3 is 2.56 bits per heavy atom. The lowest BCUT2D eigenvalue weighted by molar-refractivity contribution is -0.138. The van der Waals surface area contributed by atoms with Gasteiger partial charge in [0, 0.05) is 13.0 Å². The fourth-order valence-corrected chi connectivity index (χ4v) is 1.33. The number of carboxylic acid groups (broad SMARTS) is 1. The molecule has 1 atom stereocenters. The highest BCUT2D eigenvalue weighted by atomic mass is 32.1. The van der Waals surface area contributed by atoms with Crippen LogP contribution in [0.25, 0.3) is 0 Å². The molecule has 0 aliphatic rings. The Morgan fingerprint density at radius 2 is 2.00 bits per heavy atom. The minimum absolute atomic E-state index is 0.0246. The molecule has 0 aliphatic heterocycles. The second-order valence-corrected chi connectivity index (χ2v) is 4.06. The molecule has 4 N–H and O–H groups in total. The van der Waals surface area contributed by atoms with Gasteiger partial charge in [0.25, 0.3) is 0 Å². The molecule has 94 valence electrons. The van der Waals surface area contributed by atoms with Gasteiger partial charge in [-0.3, -0.25) is 9.59 Å². The molecule has 1 amide bonds. The van der Waals surface area contributed by atoms with Gasteiger partial charge in [0.15, 0.2) is 0 Å². The SMILES string of the molecule is NC(CCCCNC(=O)CCCS)C(=O)O. The Hall–Kier alpha value is -0.750. The van der Waals surface area contributed by atoms with Crippen molar-refractivity contribution < 1.29 is 14.7 Å². The minimum atomic E-state index is -0.974. The van der Waals surface area contributed by atoms with Crippen molar-refractivity contribution in [2.24, 2.45) is 5.73 Å². The maximum atomic E-state index is 11.1. The zero-order valence-electron chi connectivity index (χ0n) is 9.32. The lowest BCUT2D eigenvalue weighted by Crippen LogP contribution is -2.30. The summed E-state index contributed by atoms with van der Waals surface area (Å²) in [6.45, 7) is 0.581. The minimum Gasteiger partial charge on any atom is -0.480 e. The van der Waals surface area contributed by atoms with E-state index >= 15 is 0 Å². The van der Waals surface area contributed by atoms with E-state index in [0.29, 0.717) is 31.6 Å². The molecule has 0 aromatic carbocycles. The molecule has 0 fully saturated rings. The summed E-state index contributed by atoms with van der Waals surface area (Å²) in [5, 5.41) is 11.3. The number of hydrogen-bond donors (Lipinski definition) is 4. The van der Waals surface area contributed by atoms with Crippen LogP contribution in [0.5, 0.6) is 0 Å². The monoisotopic (exact) mass is 248 g/mol. The number of amides is 1. The highest BCUT2D eigenvalue weighted by Crippen LogP contribution is 1.98. The lowest BCUT2D eigenvalue weighted by Gasteiger charge is -2.06. The van der Waals surface area contributed by atoms with Crippen molar-refractivity contribution in [3.8, 4) is 0 Å². The van der Waals surface area contributed by atoms with Gasteiger partial charge in [-0.25, -0.2) is 0 Å². The molecular formula is C10H20N2O3S. The molecule has 1 unspecified atom stereocenters. The van der Waals surface area contributed by atoms with E-state index in [0.717, 1.165) is 12.8 Å². The zero-order chi connectivity index (χ0) is 12.4. The number of unbranched alkanes of at least 4 members (excludes halogenated alkanes) is 1. The van der Waals surface area contributed by atoms with E-state index in [-0.39, 0.29) is 5.91 Å². The van der Waals surface area contributed by atoms with E-state index in [1.54, 1.807) is 0 Å². The largest absolute Gasteiger partial charge is 0.480 e. The Kier molecular flexibility index (Phi) is 9.03. The maximum absolute atomic E-state index is 11.1. The first kappa shape index (κ1) is 15.2. The summed E-state index contributed by atoms with van der Waals surface area (Å²) in [5.74, 6) is -0.240. The molecule has 0 saturated carbocycles. The molecule has 0 heterocycles. The lowest BCUT2D eigenvalue weighted by atomic mass is 10.1. The standard InChI is InChI=1S/C10H20N2O3S/c11-8(10(14)15)4-1-2-6-12-9(13)5-3-7-16/h8,16H,1-7,11H2,(H,12,13)(H,14,15). The summed E-state index contributed by atoms with van der Waals surface area (Å²) in [6, 6.07) is -0.792. The average Bonchev–Trinajstić information content (AvgIpc) is 2.25. The van der Waals surface area contributed by atoms with Crippen LogP contribution in [0, 0.1) is 0 Å². The van der Waals surface area contributed by atoms with Crippen LogP contribution >= 0.6 is 12.6 Å². The fourth-order valence-electron chi connectivity index (χ4n) is 1.17. The Bertz CT molecular complexity index is 224. The van der Waals surface area contributed by atoms with Crippen molar-refractivity contribution in [3.05, 3.63) is 0 Å². The maximum Gasteiger partial charge on any atom is 0.320 e. The van der Waals surface area contributed by atoms with E-state index in [1.807, 2.05) is 0 Å². The van der Waals surface area contributed by atoms with Gasteiger partial charge < -0.3 is 16.2 Å². The highest BCUT2D eigenvalue weighted by molar-refractivity contribution is 7.80. The van der Waals surface area contributed by atoms with Gasteiger partial charge in [-0.1, -0.05) is 0 Å². The number of carbonyl (C=O) groups excluding carboxylic acids is 1. The molecule has 0 spiro atoms. The number of nitrogens with two attached hydrogens (primary N) is 1. The molecule has 6 heteroatoms. The topological polar surface area (TPSA) is 92.4 Å². The number of carboxylic acids is 1. The normalized spacial score (nSPS) is 12.1. The molecule has 0 aromatic rings. The number of thiol groups is 1. The smallest absolute Gasteiger partial charge is 0.320 e. The summed E-state index contributed by atoms with van der Waals surface area (Å²) in [5.41, 5.74) is 5.33. The third-order valence-electron chi connectivity index (χ3n) is 2.14. The van der Waals surface area contributed by atoms with Gasteiger partial charge in [-0.15, -0.1) is 0 Å². The number of nitrogens with one attached hydrogen (secondary N) is 1. The van der Waals surface area contributed by atoms with Gasteiger partial charge in [0.05, 0.1) is 0 Å². The molecule has 5 nitrogen and oxygen atoms in total. The predicted octanol–water partition coefficient (Wildman–Crippen LogP) is 0.395. The Labute approximate surface area is 101 Å². The first-order valence-corrected chi connectivity index (χ1v) is 6.07. The third kappa shape index (κ3) is 8.55. The van der Waals surface area contributed by atoms with Crippen LogP contribution in [0.2, 0.25) is 0 Å². The number of hydrogen-bond acceptors (Lipinski definition) is 4. The van der Waals surface area contributed by atoms with Crippen molar-refractivity contribution in [2.45, 2.75) is 38.1 Å². The Morgan fingerprint density at radius 1 is 1.31 bits per heavy atom. The van der Waals surface area contributed by atoms with Crippen LogP contribution in [-0.4, -0.2) is 35.3 Å². The molecule has 0 radical (unpaired) electrons. The highest BCUT2D eigenvalue weighted by Gasteiger charge is 2.09. The van der Waals surface area contributed by atoms with Crippen molar-refractivity contribution in [3.63, 3.8) is 0 Å². The predicted molar refractivity (Wildman–Crippen MR) is 65.6 cm³/mol. The first-order valence-electron chi connectivity index (χ1n) is 5.44. The summed E-state index contributed by atoms with van der Waals surface area (Å²) < 4.78 is 0. The summed E-state index contributed by atoms with van der Waals surface area (Å²) >= 11 is 4.01. The number of carbonyl (C=O) groups is 2. The van der Waals surface area contributed by atoms with Crippen LogP contribution in [0.15, 0.2) is 0 Å². The zero-order valence-corrected chi connectivity index (χ0v) is 10.2. The van der Waals surface area contributed by atoms with E-state index in [2.05, 4.69) is 17.9 Å². The van der Waals surface area contributed by atoms with Gasteiger partial charge in [-0.05, 0) is 31.4 Å². The second-order valence-electron chi connectivity index (χ2n) is 3.62. The molecule has 0 aromatic heterocycles. The van der Waals surface area contributed by atoms with Crippen LogP contribution in [-0.2, 0) is 9.59 Å². The van der Waals surface area contributed by atoms with Crippen LogP contribution < -0.4 is 11.1 Å². The van der Waals surface area contributed by atoms with Gasteiger partial charge >= 0.3 is 5.97 Å². The number of aliphatic carboxylic acids is 1. The van der Waals surface area contributed by atoms with Crippen LogP contribution in [0.1, 0.15) is 32.1 Å². The average molecular weight is 248 g/mol. The van der Waals surface area contributed by atoms with E-state index < -0.39 is 12.0 Å². The summed E-state index contributed by atoms with van der Waals surface area (Å²) in [7, 11) is 0. The second kappa shape index (κ2) is 9.47.